The maximum absolute atomic E-state index is 13.5. The zero-order valence-electron chi connectivity index (χ0n) is 30.3. The van der Waals surface area contributed by atoms with Gasteiger partial charge in [0.05, 0.1) is 10.9 Å². The van der Waals surface area contributed by atoms with Crippen molar-refractivity contribution in [2.24, 2.45) is 16.1 Å². The van der Waals surface area contributed by atoms with Crippen molar-refractivity contribution < 1.29 is 32.6 Å². The van der Waals surface area contributed by atoms with Crippen molar-refractivity contribution in [3.05, 3.63) is 94.0 Å². The van der Waals surface area contributed by atoms with Crippen LogP contribution >= 0.6 is 0 Å². The number of benzene rings is 3. The second-order valence-corrected chi connectivity index (χ2v) is 15.7. The Hall–Kier alpha value is -4.91. The molecule has 1 atom stereocenters. The molecule has 1 aliphatic heterocycles. The standard InChI is InChI=1S/C38H49N5O7S/c1-23-24(2)32(25(3)28-20-21-37(4,5)50-31(23)28)51(48,49)43-36(39)40-22-14-19-29(33(44)45)41-34(46)38(6,7)35(47)42-30(26-15-10-8-11-16-26)27-17-12-9-13-18-27/h8-13,15-18,29-30H,14,19-22H2,1-7H3,(H,41,46)(H,42,47)(H,44,45)(H3,39,40,43)/t29-/m0/s1. The molecule has 0 fully saturated rings. The Morgan fingerprint density at radius 2 is 1.47 bits per heavy atom. The molecule has 3 aromatic carbocycles. The van der Waals surface area contributed by atoms with E-state index < -0.39 is 45.3 Å². The molecule has 0 saturated heterocycles. The van der Waals surface area contributed by atoms with Crippen LogP contribution in [-0.4, -0.2) is 55.5 Å². The number of carbonyl (C=O) groups is 3. The van der Waals surface area contributed by atoms with Gasteiger partial charge in [-0.05, 0) is 108 Å². The number of hydrogen-bond donors (Lipinski definition) is 5. The van der Waals surface area contributed by atoms with Crippen molar-refractivity contribution in [1.29, 1.82) is 0 Å². The third-order valence-electron chi connectivity index (χ3n) is 9.39. The van der Waals surface area contributed by atoms with Crippen LogP contribution in [0.25, 0.3) is 0 Å². The molecular formula is C38H49N5O7S. The second-order valence-electron chi connectivity index (χ2n) is 14.1. The van der Waals surface area contributed by atoms with Gasteiger partial charge in [0.1, 0.15) is 22.8 Å². The van der Waals surface area contributed by atoms with Gasteiger partial charge in [-0.3, -0.25) is 14.6 Å². The van der Waals surface area contributed by atoms with Crippen molar-refractivity contribution in [3.8, 4) is 5.75 Å². The lowest BCUT2D eigenvalue weighted by atomic mass is 9.88. The number of rotatable bonds is 13. The number of aliphatic carboxylic acids is 1. The fourth-order valence-corrected chi connectivity index (χ4v) is 7.65. The van der Waals surface area contributed by atoms with Crippen LogP contribution in [0, 0.1) is 26.2 Å². The topological polar surface area (TPSA) is 189 Å². The van der Waals surface area contributed by atoms with Crippen LogP contribution in [0.15, 0.2) is 70.6 Å². The number of nitrogens with one attached hydrogen (secondary N) is 3. The zero-order valence-corrected chi connectivity index (χ0v) is 31.1. The van der Waals surface area contributed by atoms with E-state index in [1.54, 1.807) is 13.8 Å². The summed E-state index contributed by atoms with van der Waals surface area (Å²) in [7, 11) is -4.11. The third-order valence-corrected chi connectivity index (χ3v) is 11.0. The molecule has 13 heteroatoms. The minimum absolute atomic E-state index is 0.0161. The first kappa shape index (κ1) is 38.9. The lowest BCUT2D eigenvalue weighted by Crippen LogP contribution is -2.52. The summed E-state index contributed by atoms with van der Waals surface area (Å²) in [6.07, 6.45) is 1.52. The van der Waals surface area contributed by atoms with E-state index in [1.165, 1.54) is 13.8 Å². The number of carbonyl (C=O) groups excluding carboxylic acids is 2. The van der Waals surface area contributed by atoms with Gasteiger partial charge in [-0.1, -0.05) is 60.7 Å². The van der Waals surface area contributed by atoms with E-state index in [2.05, 4.69) is 20.3 Å². The normalized spacial score (nSPS) is 14.9. The predicted molar refractivity (Wildman–Crippen MR) is 196 cm³/mol. The van der Waals surface area contributed by atoms with Gasteiger partial charge in [0.25, 0.3) is 10.0 Å². The maximum Gasteiger partial charge on any atom is 0.326 e. The molecule has 0 unspecified atom stereocenters. The van der Waals surface area contributed by atoms with E-state index in [0.717, 1.165) is 34.4 Å². The van der Waals surface area contributed by atoms with Gasteiger partial charge in [-0.25, -0.2) is 17.9 Å². The van der Waals surface area contributed by atoms with E-state index in [4.69, 9.17) is 10.5 Å². The Bertz CT molecular complexity index is 1870. The van der Waals surface area contributed by atoms with Gasteiger partial charge in [-0.2, -0.15) is 0 Å². The zero-order chi connectivity index (χ0) is 37.7. The van der Waals surface area contributed by atoms with Gasteiger partial charge in [0, 0.05) is 6.54 Å². The minimum Gasteiger partial charge on any atom is -0.487 e. The molecule has 0 aromatic heterocycles. The number of nitrogens with two attached hydrogens (primary N) is 1. The first-order valence-electron chi connectivity index (χ1n) is 16.9. The number of guanidine groups is 1. The molecule has 0 aliphatic carbocycles. The third kappa shape index (κ3) is 9.07. The fraction of sp³-hybridized carbons (Fsp3) is 0.421. The SMILES string of the molecule is Cc1c(C)c(S(=O)(=O)NC(N)=NCCC[C@H](NC(=O)C(C)(C)C(=O)NC(c2ccccc2)c2ccccc2)C(=O)O)c(C)c2c1OC(C)(C)CC2. The van der Waals surface area contributed by atoms with E-state index >= 15 is 0 Å². The largest absolute Gasteiger partial charge is 0.487 e. The summed E-state index contributed by atoms with van der Waals surface area (Å²) in [5, 5.41) is 15.3. The van der Waals surface area contributed by atoms with Gasteiger partial charge in [-0.15, -0.1) is 0 Å². The van der Waals surface area contributed by atoms with Crippen LogP contribution in [0.1, 0.15) is 86.4 Å². The van der Waals surface area contributed by atoms with Crippen LogP contribution in [0.5, 0.6) is 5.75 Å². The molecule has 0 radical (unpaired) electrons. The highest BCUT2D eigenvalue weighted by Crippen LogP contribution is 2.42. The monoisotopic (exact) mass is 719 g/mol. The van der Waals surface area contributed by atoms with Crippen LogP contribution < -0.4 is 25.8 Å². The van der Waals surface area contributed by atoms with Gasteiger partial charge >= 0.3 is 5.97 Å². The first-order valence-corrected chi connectivity index (χ1v) is 18.4. The maximum atomic E-state index is 13.5. The number of sulfonamides is 1. The summed E-state index contributed by atoms with van der Waals surface area (Å²) >= 11 is 0. The van der Waals surface area contributed by atoms with E-state index in [0.29, 0.717) is 17.5 Å². The Morgan fingerprint density at radius 3 is 2.02 bits per heavy atom. The first-order chi connectivity index (χ1) is 23.9. The molecular weight excluding hydrogens is 671 g/mol. The second kappa shape index (κ2) is 15.5. The van der Waals surface area contributed by atoms with Crippen LogP contribution in [0.4, 0.5) is 0 Å². The molecule has 1 aliphatic rings. The summed E-state index contributed by atoms with van der Waals surface area (Å²) in [5.74, 6) is -2.26. The average molecular weight is 720 g/mol. The molecule has 51 heavy (non-hydrogen) atoms. The Kier molecular flexibility index (Phi) is 11.9. The van der Waals surface area contributed by atoms with E-state index in [1.807, 2.05) is 81.4 Å². The molecule has 0 bridgehead atoms. The number of hydrogen-bond acceptors (Lipinski definition) is 7. The van der Waals surface area contributed by atoms with Crippen LogP contribution in [0.3, 0.4) is 0 Å². The van der Waals surface area contributed by atoms with E-state index in [9.17, 15) is 27.9 Å². The Morgan fingerprint density at radius 1 is 0.922 bits per heavy atom. The van der Waals surface area contributed by atoms with Crippen molar-refractivity contribution in [2.75, 3.05) is 6.54 Å². The van der Waals surface area contributed by atoms with Gasteiger partial charge in [0.15, 0.2) is 0 Å². The van der Waals surface area contributed by atoms with Gasteiger partial charge in [0.2, 0.25) is 17.8 Å². The van der Waals surface area contributed by atoms with Crippen molar-refractivity contribution in [3.63, 3.8) is 0 Å². The van der Waals surface area contributed by atoms with E-state index in [-0.39, 0.29) is 35.8 Å². The average Bonchev–Trinajstić information content (AvgIpc) is 3.07. The number of aliphatic imine (C=N–C) groups is 1. The number of ether oxygens (including phenoxy) is 1. The summed E-state index contributed by atoms with van der Waals surface area (Å²) in [4.78, 5) is 43.2. The van der Waals surface area contributed by atoms with Crippen LogP contribution in [-0.2, 0) is 30.8 Å². The molecule has 3 aromatic rings. The highest BCUT2D eigenvalue weighted by molar-refractivity contribution is 7.90. The number of carboxylic acid groups (broad SMARTS) is 1. The summed E-state index contributed by atoms with van der Waals surface area (Å²) in [6, 6.07) is 16.8. The molecule has 2 amide bonds. The van der Waals surface area contributed by atoms with Crippen LogP contribution in [0.2, 0.25) is 0 Å². The molecule has 274 valence electrons. The molecule has 4 rings (SSSR count). The number of nitrogens with zero attached hydrogens (tertiary/aromatic N) is 1. The van der Waals surface area contributed by atoms with Crippen molar-refractivity contribution >= 4 is 33.8 Å². The van der Waals surface area contributed by atoms with Gasteiger partial charge < -0.3 is 26.2 Å². The quantitative estimate of drug-likeness (QED) is 0.0734. The smallest absolute Gasteiger partial charge is 0.326 e. The molecule has 1 heterocycles. The summed E-state index contributed by atoms with van der Waals surface area (Å²) in [6.45, 7) is 12.2. The summed E-state index contributed by atoms with van der Waals surface area (Å²) < 4.78 is 35.6. The molecule has 12 nitrogen and oxygen atoms in total. The molecule has 0 saturated carbocycles. The van der Waals surface area contributed by atoms with Crippen molar-refractivity contribution in [1.82, 2.24) is 15.4 Å². The number of fused-ring (bicyclic) bond motifs is 1. The Balaban J connectivity index is 1.38. The minimum atomic E-state index is -4.11. The molecule has 0 spiro atoms. The Labute approximate surface area is 300 Å². The lowest BCUT2D eigenvalue weighted by molar-refractivity contribution is -0.147. The highest BCUT2D eigenvalue weighted by atomic mass is 32.2. The number of carboxylic acids is 1. The van der Waals surface area contributed by atoms with Crippen molar-refractivity contribution in [2.45, 2.75) is 96.7 Å². The predicted octanol–water partition coefficient (Wildman–Crippen LogP) is 4.59. The number of amides is 2. The lowest BCUT2D eigenvalue weighted by Gasteiger charge is -2.35. The highest BCUT2D eigenvalue weighted by Gasteiger charge is 2.39. The molecule has 6 N–H and O–H groups in total. The fourth-order valence-electron chi connectivity index (χ4n) is 6.13. The summed E-state index contributed by atoms with van der Waals surface area (Å²) in [5.41, 5.74) is 8.39.